The summed E-state index contributed by atoms with van der Waals surface area (Å²) < 4.78 is 13.7. The van der Waals surface area contributed by atoms with Crippen molar-refractivity contribution in [3.05, 3.63) is 0 Å². The first-order valence-corrected chi connectivity index (χ1v) is 13.0. The van der Waals surface area contributed by atoms with Crippen LogP contribution in [0.2, 0.25) is 0 Å². The van der Waals surface area contributed by atoms with Gasteiger partial charge in [-0.2, -0.15) is 0 Å². The van der Waals surface area contributed by atoms with E-state index in [9.17, 15) is 9.50 Å². The number of aliphatic hydroxyl groups is 1. The van der Waals surface area contributed by atoms with Crippen molar-refractivity contribution in [3.8, 4) is 0 Å². The van der Waals surface area contributed by atoms with Gasteiger partial charge in [0.05, 0.1) is 18.8 Å². The molecule has 0 amide bonds. The maximum absolute atomic E-state index is 13.7. The number of alkyl halides is 1. The van der Waals surface area contributed by atoms with Crippen molar-refractivity contribution in [3.63, 3.8) is 0 Å². The molecule has 3 fully saturated rings. The maximum atomic E-state index is 13.7. The van der Waals surface area contributed by atoms with Gasteiger partial charge in [0.25, 0.3) is 0 Å². The molecule has 4 aliphatic rings. The molecule has 5 unspecified atom stereocenters. The Labute approximate surface area is 187 Å². The summed E-state index contributed by atoms with van der Waals surface area (Å²) in [6.45, 7) is 3.83. The number of nitrogens with zero attached hydrogens (tertiary/aromatic N) is 2. The van der Waals surface area contributed by atoms with Gasteiger partial charge in [0.2, 0.25) is 0 Å². The van der Waals surface area contributed by atoms with Gasteiger partial charge < -0.3 is 5.11 Å². The molecule has 2 aliphatic heterocycles. The van der Waals surface area contributed by atoms with E-state index in [0.29, 0.717) is 43.4 Å². The van der Waals surface area contributed by atoms with Crippen molar-refractivity contribution < 1.29 is 9.50 Å². The number of aliphatic imine (C=N–C) groups is 1. The van der Waals surface area contributed by atoms with Crippen LogP contribution in [0.15, 0.2) is 4.99 Å². The van der Waals surface area contributed by atoms with Crippen LogP contribution in [0.3, 0.4) is 0 Å². The van der Waals surface area contributed by atoms with Crippen molar-refractivity contribution in [1.29, 1.82) is 0 Å². The summed E-state index contributed by atoms with van der Waals surface area (Å²) in [7, 11) is 0. The average Bonchev–Trinajstić information content (AvgIpc) is 3.02. The number of fused-ring (bicyclic) bond motifs is 1. The molecule has 0 spiro atoms. The van der Waals surface area contributed by atoms with Gasteiger partial charge in [-0.25, -0.2) is 4.39 Å². The highest BCUT2D eigenvalue weighted by atomic mass is 19.1. The van der Waals surface area contributed by atoms with Gasteiger partial charge in [0, 0.05) is 30.8 Å². The first-order chi connectivity index (χ1) is 15.2. The van der Waals surface area contributed by atoms with Crippen LogP contribution in [0.1, 0.15) is 77.6 Å². The molecular formula is C24H44FN5O. The quantitative estimate of drug-likeness (QED) is 0.493. The second-order valence-corrected chi connectivity index (χ2v) is 10.2. The van der Waals surface area contributed by atoms with Crippen LogP contribution in [0.5, 0.6) is 0 Å². The minimum Gasteiger partial charge on any atom is -0.395 e. The molecule has 178 valence electrons. The van der Waals surface area contributed by atoms with E-state index in [2.05, 4.69) is 34.0 Å². The molecule has 1 saturated heterocycles. The Bertz CT molecular complexity index is 564. The van der Waals surface area contributed by atoms with E-state index in [1.807, 2.05) is 0 Å². The Morgan fingerprint density at radius 1 is 1.03 bits per heavy atom. The van der Waals surface area contributed by atoms with Crippen molar-refractivity contribution >= 4 is 6.21 Å². The molecule has 4 rings (SSSR count). The van der Waals surface area contributed by atoms with Crippen LogP contribution in [0.4, 0.5) is 4.39 Å². The largest absolute Gasteiger partial charge is 0.395 e. The lowest BCUT2D eigenvalue weighted by Gasteiger charge is -2.47. The smallest absolute Gasteiger partial charge is 0.116 e. The topological polar surface area (TPSA) is 71.9 Å². The van der Waals surface area contributed by atoms with E-state index in [0.717, 1.165) is 38.1 Å². The summed E-state index contributed by atoms with van der Waals surface area (Å²) in [6.07, 6.45) is 14.0. The molecule has 7 heteroatoms. The highest BCUT2D eigenvalue weighted by Gasteiger charge is 2.41. The van der Waals surface area contributed by atoms with E-state index in [1.54, 1.807) is 0 Å². The second kappa shape index (κ2) is 11.5. The van der Waals surface area contributed by atoms with Crippen molar-refractivity contribution in [1.82, 2.24) is 20.9 Å². The minimum absolute atomic E-state index is 0.0352. The molecule has 2 heterocycles. The molecule has 5 atom stereocenters. The van der Waals surface area contributed by atoms with Crippen LogP contribution in [0.25, 0.3) is 0 Å². The lowest BCUT2D eigenvalue weighted by atomic mass is 9.82. The molecule has 0 aromatic carbocycles. The molecule has 0 radical (unpaired) electrons. The van der Waals surface area contributed by atoms with Gasteiger partial charge in [-0.1, -0.05) is 26.2 Å². The van der Waals surface area contributed by atoms with Gasteiger partial charge in [-0.05, 0) is 63.8 Å². The number of rotatable bonds is 7. The average molecular weight is 438 g/mol. The molecule has 0 bridgehead atoms. The molecule has 2 saturated carbocycles. The van der Waals surface area contributed by atoms with Gasteiger partial charge in [0.15, 0.2) is 0 Å². The molecule has 0 aromatic heterocycles. The summed E-state index contributed by atoms with van der Waals surface area (Å²) >= 11 is 0. The molecule has 0 aromatic rings. The third-order valence-electron chi connectivity index (χ3n) is 8.21. The van der Waals surface area contributed by atoms with Crippen LogP contribution < -0.4 is 16.0 Å². The zero-order valence-electron chi connectivity index (χ0n) is 19.3. The van der Waals surface area contributed by atoms with Crippen LogP contribution in [-0.2, 0) is 0 Å². The Kier molecular flexibility index (Phi) is 8.74. The first-order valence-electron chi connectivity index (χ1n) is 13.0. The highest BCUT2D eigenvalue weighted by molar-refractivity contribution is 5.64. The predicted octanol–water partition coefficient (Wildman–Crippen LogP) is 2.77. The number of hydrogen-bond acceptors (Lipinski definition) is 6. The molecule has 6 nitrogen and oxygen atoms in total. The van der Waals surface area contributed by atoms with Crippen LogP contribution >= 0.6 is 0 Å². The third kappa shape index (κ3) is 6.05. The maximum Gasteiger partial charge on any atom is 0.116 e. The molecule has 2 aliphatic carbocycles. The Morgan fingerprint density at radius 2 is 1.81 bits per heavy atom. The fourth-order valence-corrected chi connectivity index (χ4v) is 6.29. The van der Waals surface area contributed by atoms with Gasteiger partial charge in [0.1, 0.15) is 12.5 Å². The first kappa shape index (κ1) is 23.6. The van der Waals surface area contributed by atoms with E-state index >= 15 is 0 Å². The summed E-state index contributed by atoms with van der Waals surface area (Å²) in [6, 6.07) is 1.20. The van der Waals surface area contributed by atoms with E-state index in [4.69, 9.17) is 4.99 Å². The van der Waals surface area contributed by atoms with Crippen LogP contribution in [-0.4, -0.2) is 72.7 Å². The number of halogens is 1. The minimum atomic E-state index is -0.629. The zero-order valence-corrected chi connectivity index (χ0v) is 19.3. The summed E-state index contributed by atoms with van der Waals surface area (Å²) in [4.78, 5) is 7.42. The summed E-state index contributed by atoms with van der Waals surface area (Å²) in [5.41, 5.74) is 0. The van der Waals surface area contributed by atoms with Crippen molar-refractivity contribution in [2.75, 3.05) is 19.7 Å². The Morgan fingerprint density at radius 3 is 2.52 bits per heavy atom. The third-order valence-corrected chi connectivity index (χ3v) is 8.21. The van der Waals surface area contributed by atoms with Crippen molar-refractivity contribution in [2.45, 2.75) is 114 Å². The number of likely N-dealkylation sites (N-methyl/N-ethyl adjacent to an activating group) is 1. The predicted molar refractivity (Wildman–Crippen MR) is 124 cm³/mol. The number of aliphatic hydroxyl groups excluding tert-OH is 1. The Balaban J connectivity index is 1.47. The van der Waals surface area contributed by atoms with Gasteiger partial charge in [-0.15, -0.1) is 0 Å². The van der Waals surface area contributed by atoms with Gasteiger partial charge >= 0.3 is 0 Å². The number of hydrogen-bond donors (Lipinski definition) is 4. The monoisotopic (exact) mass is 437 g/mol. The lowest BCUT2D eigenvalue weighted by molar-refractivity contribution is 0.0389. The zero-order chi connectivity index (χ0) is 21.6. The molecule has 4 N–H and O–H groups in total. The normalized spacial score (nSPS) is 39.9. The van der Waals surface area contributed by atoms with E-state index in [1.165, 1.54) is 32.1 Å². The Hall–Kier alpha value is -0.600. The lowest BCUT2D eigenvalue weighted by Crippen LogP contribution is -2.72. The van der Waals surface area contributed by atoms with Crippen LogP contribution in [0, 0.1) is 11.8 Å². The van der Waals surface area contributed by atoms with Crippen molar-refractivity contribution in [2.24, 2.45) is 16.8 Å². The second-order valence-electron chi connectivity index (χ2n) is 10.2. The standard InChI is InChI=1S/C24H44FN5O/c1-2-30(14-15-31)24-28-22-13-12-21(17-6-4-3-5-7-17)26-16-20(22)23(29-24)27-19-10-8-18(25)9-11-19/h16-24,27-29,31H,2-15H2,1H3. The van der Waals surface area contributed by atoms with Gasteiger partial charge in [-0.3, -0.25) is 25.8 Å². The van der Waals surface area contributed by atoms with E-state index in [-0.39, 0.29) is 19.1 Å². The summed E-state index contributed by atoms with van der Waals surface area (Å²) in [5, 5.41) is 21.0. The fourth-order valence-electron chi connectivity index (χ4n) is 6.29. The highest BCUT2D eigenvalue weighted by Crippen LogP contribution is 2.33. The van der Waals surface area contributed by atoms with E-state index < -0.39 is 6.17 Å². The molecular weight excluding hydrogens is 393 g/mol. The SMILES string of the molecule is CCN(CCO)C1NC2CCC(C3CCCCC3)N=CC2C(NC2CCC(F)CC2)N1. The number of nitrogens with one attached hydrogen (secondary N) is 3. The molecule has 31 heavy (non-hydrogen) atoms. The fraction of sp³-hybridized carbons (Fsp3) is 0.958. The summed E-state index contributed by atoms with van der Waals surface area (Å²) in [5.74, 6) is 1.04.